The lowest BCUT2D eigenvalue weighted by Gasteiger charge is -2.11. The number of fused-ring (bicyclic) bond motifs is 1. The average molecular weight is 352 g/mol. The molecule has 0 atom stereocenters. The van der Waals surface area contributed by atoms with E-state index in [2.05, 4.69) is 19.1 Å². The molecule has 3 nitrogen and oxygen atoms in total. The van der Waals surface area contributed by atoms with E-state index < -0.39 is 0 Å². The fraction of sp³-hybridized carbons (Fsp3) is 0.0833. The molecule has 0 amide bonds. The lowest BCUT2D eigenvalue weighted by Crippen LogP contribution is -2.24. The predicted octanol–water partition coefficient (Wildman–Crippen LogP) is 4.92. The van der Waals surface area contributed by atoms with Gasteiger partial charge >= 0.3 is 0 Å². The number of nitrogens with zero attached hydrogens (tertiary/aromatic N) is 2. The van der Waals surface area contributed by atoms with Gasteiger partial charge in [0.1, 0.15) is 5.82 Å². The summed E-state index contributed by atoms with van der Waals surface area (Å²) in [5.74, 6) is 0.657. The summed E-state index contributed by atoms with van der Waals surface area (Å²) in [6.45, 7) is 2.56. The molecule has 4 aromatic rings. The smallest absolute Gasteiger partial charge is 0.261 e. The molecular formula is C24H20N2O. The Kier molecular flexibility index (Phi) is 4.67. The van der Waals surface area contributed by atoms with Gasteiger partial charge in [-0.1, -0.05) is 78.4 Å². The van der Waals surface area contributed by atoms with Crippen molar-refractivity contribution in [3.05, 3.63) is 112 Å². The SMILES string of the molecule is Cc1cccc(C=Cc2nc3ccccc3c(=O)n2Cc2ccccc2)c1. The summed E-state index contributed by atoms with van der Waals surface area (Å²) in [5, 5.41) is 0.640. The zero-order valence-corrected chi connectivity index (χ0v) is 15.2. The van der Waals surface area contributed by atoms with Crippen molar-refractivity contribution in [1.82, 2.24) is 9.55 Å². The van der Waals surface area contributed by atoms with E-state index in [4.69, 9.17) is 4.98 Å². The first-order valence-corrected chi connectivity index (χ1v) is 8.99. The van der Waals surface area contributed by atoms with Crippen LogP contribution in [0.1, 0.15) is 22.5 Å². The quantitative estimate of drug-likeness (QED) is 0.522. The summed E-state index contributed by atoms with van der Waals surface area (Å²) in [6.07, 6.45) is 3.93. The van der Waals surface area contributed by atoms with E-state index >= 15 is 0 Å². The van der Waals surface area contributed by atoms with E-state index in [1.165, 1.54) is 5.56 Å². The highest BCUT2D eigenvalue weighted by molar-refractivity contribution is 5.79. The molecule has 0 aliphatic rings. The topological polar surface area (TPSA) is 34.9 Å². The zero-order chi connectivity index (χ0) is 18.6. The van der Waals surface area contributed by atoms with Gasteiger partial charge in [0, 0.05) is 0 Å². The fourth-order valence-corrected chi connectivity index (χ4v) is 3.18. The van der Waals surface area contributed by atoms with Gasteiger partial charge in [-0.3, -0.25) is 9.36 Å². The number of hydrogen-bond acceptors (Lipinski definition) is 2. The first-order chi connectivity index (χ1) is 13.2. The molecule has 0 bridgehead atoms. The predicted molar refractivity (Wildman–Crippen MR) is 112 cm³/mol. The largest absolute Gasteiger partial charge is 0.288 e. The van der Waals surface area contributed by atoms with Crippen molar-refractivity contribution < 1.29 is 0 Å². The van der Waals surface area contributed by atoms with Gasteiger partial charge < -0.3 is 0 Å². The van der Waals surface area contributed by atoms with Gasteiger partial charge in [-0.05, 0) is 36.3 Å². The molecule has 1 heterocycles. The van der Waals surface area contributed by atoms with E-state index in [1.807, 2.05) is 78.9 Å². The van der Waals surface area contributed by atoms with Crippen LogP contribution in [0.2, 0.25) is 0 Å². The second kappa shape index (κ2) is 7.42. The Bertz CT molecular complexity index is 1170. The molecule has 0 spiro atoms. The van der Waals surface area contributed by atoms with Gasteiger partial charge in [0.25, 0.3) is 5.56 Å². The molecule has 27 heavy (non-hydrogen) atoms. The minimum Gasteiger partial charge on any atom is -0.288 e. The first-order valence-electron chi connectivity index (χ1n) is 8.99. The Morgan fingerprint density at radius 1 is 0.889 bits per heavy atom. The summed E-state index contributed by atoms with van der Waals surface area (Å²) in [7, 11) is 0. The number of rotatable bonds is 4. The molecule has 0 saturated carbocycles. The van der Waals surface area contributed by atoms with Crippen molar-refractivity contribution in [2.24, 2.45) is 0 Å². The van der Waals surface area contributed by atoms with Gasteiger partial charge in [0.15, 0.2) is 0 Å². The molecule has 3 aromatic carbocycles. The number of para-hydroxylation sites is 1. The third-order valence-electron chi connectivity index (χ3n) is 4.54. The molecule has 0 radical (unpaired) electrons. The molecule has 0 fully saturated rings. The highest BCUT2D eigenvalue weighted by atomic mass is 16.1. The summed E-state index contributed by atoms with van der Waals surface area (Å²) in [5.41, 5.74) is 4.06. The van der Waals surface area contributed by atoms with E-state index in [0.29, 0.717) is 17.8 Å². The van der Waals surface area contributed by atoms with E-state index in [0.717, 1.165) is 16.6 Å². The van der Waals surface area contributed by atoms with Crippen LogP contribution in [0.5, 0.6) is 0 Å². The second-order valence-corrected chi connectivity index (χ2v) is 6.61. The summed E-state index contributed by atoms with van der Waals surface area (Å²) >= 11 is 0. The van der Waals surface area contributed by atoms with Crippen LogP contribution < -0.4 is 5.56 Å². The Labute approximate surface area is 158 Å². The highest BCUT2D eigenvalue weighted by Gasteiger charge is 2.09. The molecule has 0 N–H and O–H groups in total. The van der Waals surface area contributed by atoms with Crippen molar-refractivity contribution in [1.29, 1.82) is 0 Å². The van der Waals surface area contributed by atoms with Crippen molar-refractivity contribution in [3.8, 4) is 0 Å². The molecular weight excluding hydrogens is 332 g/mol. The first kappa shape index (κ1) is 17.0. The van der Waals surface area contributed by atoms with E-state index in [1.54, 1.807) is 4.57 Å². The third kappa shape index (κ3) is 3.72. The molecule has 132 valence electrons. The third-order valence-corrected chi connectivity index (χ3v) is 4.54. The monoisotopic (exact) mass is 352 g/mol. The van der Waals surface area contributed by atoms with Crippen molar-refractivity contribution >= 4 is 23.1 Å². The average Bonchev–Trinajstić information content (AvgIpc) is 2.70. The molecule has 3 heteroatoms. The van der Waals surface area contributed by atoms with Gasteiger partial charge in [0.2, 0.25) is 0 Å². The zero-order valence-electron chi connectivity index (χ0n) is 15.2. The van der Waals surface area contributed by atoms with Crippen molar-refractivity contribution in [2.75, 3.05) is 0 Å². The molecule has 1 aromatic heterocycles. The van der Waals surface area contributed by atoms with Gasteiger partial charge in [-0.25, -0.2) is 4.98 Å². The highest BCUT2D eigenvalue weighted by Crippen LogP contribution is 2.13. The van der Waals surface area contributed by atoms with Crippen LogP contribution in [-0.2, 0) is 6.54 Å². The number of aromatic nitrogens is 2. The molecule has 0 aliphatic carbocycles. The molecule has 0 aliphatic heterocycles. The van der Waals surface area contributed by atoms with Crippen LogP contribution in [0.25, 0.3) is 23.1 Å². The van der Waals surface area contributed by atoms with Gasteiger partial charge in [-0.2, -0.15) is 0 Å². The molecule has 0 unspecified atom stereocenters. The minimum absolute atomic E-state index is 0.0201. The number of hydrogen-bond donors (Lipinski definition) is 0. The van der Waals surface area contributed by atoms with Gasteiger partial charge in [-0.15, -0.1) is 0 Å². The Balaban J connectivity index is 1.84. The molecule has 4 rings (SSSR count). The number of benzene rings is 3. The fourth-order valence-electron chi connectivity index (χ4n) is 3.18. The lowest BCUT2D eigenvalue weighted by molar-refractivity contribution is 0.738. The van der Waals surface area contributed by atoms with Crippen LogP contribution in [0.4, 0.5) is 0 Å². The Hall–Kier alpha value is -3.46. The normalized spacial score (nSPS) is 11.3. The second-order valence-electron chi connectivity index (χ2n) is 6.61. The minimum atomic E-state index is -0.0201. The maximum Gasteiger partial charge on any atom is 0.261 e. The standard InChI is InChI=1S/C24H20N2O/c1-18-8-7-11-19(16-18)14-15-23-25-22-13-6-5-12-21(22)24(27)26(23)17-20-9-3-2-4-10-20/h2-16H,17H2,1H3. The van der Waals surface area contributed by atoms with Crippen LogP contribution in [0, 0.1) is 6.92 Å². The molecule has 0 saturated heterocycles. The van der Waals surface area contributed by atoms with Crippen LogP contribution in [-0.4, -0.2) is 9.55 Å². The maximum absolute atomic E-state index is 13.1. The van der Waals surface area contributed by atoms with E-state index in [9.17, 15) is 4.79 Å². The van der Waals surface area contributed by atoms with Crippen LogP contribution in [0.15, 0.2) is 83.7 Å². The maximum atomic E-state index is 13.1. The van der Waals surface area contributed by atoms with Crippen LogP contribution >= 0.6 is 0 Å². The summed E-state index contributed by atoms with van der Waals surface area (Å²) in [6, 6.07) is 25.7. The van der Waals surface area contributed by atoms with Crippen molar-refractivity contribution in [3.63, 3.8) is 0 Å². The summed E-state index contributed by atoms with van der Waals surface area (Å²) < 4.78 is 1.74. The van der Waals surface area contributed by atoms with Gasteiger partial charge in [0.05, 0.1) is 17.4 Å². The number of aryl methyl sites for hydroxylation is 1. The van der Waals surface area contributed by atoms with E-state index in [-0.39, 0.29) is 5.56 Å². The Morgan fingerprint density at radius 3 is 2.48 bits per heavy atom. The lowest BCUT2D eigenvalue weighted by atomic mass is 10.1. The summed E-state index contributed by atoms with van der Waals surface area (Å²) in [4.78, 5) is 17.9. The van der Waals surface area contributed by atoms with Crippen LogP contribution in [0.3, 0.4) is 0 Å². The Morgan fingerprint density at radius 2 is 1.67 bits per heavy atom. The van der Waals surface area contributed by atoms with Crippen molar-refractivity contribution in [2.45, 2.75) is 13.5 Å².